The van der Waals surface area contributed by atoms with Crippen molar-refractivity contribution >= 4 is 43.8 Å². The third kappa shape index (κ3) is 5.34. The molecule has 2 radical (unpaired) electrons. The van der Waals surface area contributed by atoms with E-state index in [-0.39, 0.29) is 6.04 Å². The predicted molar refractivity (Wildman–Crippen MR) is 123 cm³/mol. The summed E-state index contributed by atoms with van der Waals surface area (Å²) in [6, 6.07) is 7.42. The third-order valence-corrected chi connectivity index (χ3v) is 6.53. The number of nitrogens with zero attached hydrogens (tertiary/aromatic N) is 1. The van der Waals surface area contributed by atoms with Gasteiger partial charge in [-0.15, -0.1) is 0 Å². The minimum Gasteiger partial charge on any atom is -0.399 e. The fraction of sp³-hybridized carbons (Fsp3) is 0.316. The van der Waals surface area contributed by atoms with Crippen LogP contribution in [0.15, 0.2) is 63.5 Å². The molecule has 0 spiro atoms. The highest BCUT2D eigenvalue weighted by molar-refractivity contribution is 7.70. The van der Waals surface area contributed by atoms with Crippen LogP contribution < -0.4 is 32.7 Å². The fourth-order valence-corrected chi connectivity index (χ4v) is 4.52. The van der Waals surface area contributed by atoms with Gasteiger partial charge in [0.05, 0.1) is 18.6 Å². The van der Waals surface area contributed by atoms with Crippen LogP contribution in [-0.4, -0.2) is 45.7 Å². The molecule has 10 heteroatoms. The third-order valence-electron chi connectivity index (χ3n) is 4.69. The van der Waals surface area contributed by atoms with Crippen molar-refractivity contribution in [2.75, 3.05) is 18.6 Å². The van der Waals surface area contributed by atoms with Gasteiger partial charge in [0.1, 0.15) is 13.0 Å². The lowest BCUT2D eigenvalue weighted by molar-refractivity contribution is 0.430. The Morgan fingerprint density at radius 1 is 1.38 bits per heavy atom. The molecular weight excluding hydrogens is 405 g/mol. The Morgan fingerprint density at radius 3 is 2.79 bits per heavy atom. The molecule has 29 heavy (non-hydrogen) atoms. The van der Waals surface area contributed by atoms with Crippen LogP contribution in [-0.2, 0) is 4.57 Å². The number of nitrogens with one attached hydrogen (secondary N) is 3. The van der Waals surface area contributed by atoms with Crippen molar-refractivity contribution in [2.45, 2.75) is 24.7 Å². The molecule has 7 N–H and O–H groups in total. The van der Waals surface area contributed by atoms with E-state index in [0.29, 0.717) is 23.0 Å². The van der Waals surface area contributed by atoms with E-state index >= 15 is 0 Å². The number of benzene rings is 1. The van der Waals surface area contributed by atoms with Gasteiger partial charge in [-0.2, -0.15) is 0 Å². The molecule has 0 aromatic heterocycles. The minimum absolute atomic E-state index is 0.0431. The van der Waals surface area contributed by atoms with Crippen LogP contribution >= 0.6 is 18.7 Å². The molecule has 0 saturated carbocycles. The van der Waals surface area contributed by atoms with Gasteiger partial charge in [-0.1, -0.05) is 29.8 Å². The number of rotatable bonds is 6. The van der Waals surface area contributed by atoms with Gasteiger partial charge in [0.2, 0.25) is 0 Å². The molecule has 0 saturated heterocycles. The minimum atomic E-state index is -2.46. The van der Waals surface area contributed by atoms with Crippen molar-refractivity contribution in [1.82, 2.24) is 10.6 Å². The molecule has 3 rings (SSSR count). The van der Waals surface area contributed by atoms with E-state index < -0.39 is 19.4 Å². The molecule has 0 fully saturated rings. The first-order valence-electron chi connectivity index (χ1n) is 9.20. The van der Waals surface area contributed by atoms with Crippen molar-refractivity contribution in [1.29, 1.82) is 0 Å². The summed E-state index contributed by atoms with van der Waals surface area (Å²) in [5, 5.41) is 11.0. The second-order valence-electron chi connectivity index (χ2n) is 7.38. The Morgan fingerprint density at radius 2 is 2.10 bits per heavy atom. The molecule has 7 nitrogen and oxygen atoms in total. The molecule has 1 heterocycles. The van der Waals surface area contributed by atoms with Gasteiger partial charge >= 0.3 is 0 Å². The highest BCUT2D eigenvalue weighted by atomic mass is 35.5. The van der Waals surface area contributed by atoms with Crippen LogP contribution in [0.1, 0.15) is 6.42 Å². The molecule has 3 atom stereocenters. The summed E-state index contributed by atoms with van der Waals surface area (Å²) in [4.78, 5) is 4.38. The van der Waals surface area contributed by atoms with Crippen molar-refractivity contribution in [2.24, 2.45) is 16.5 Å². The maximum absolute atomic E-state index is 12.6. The molecule has 152 valence electrons. The largest absolute Gasteiger partial charge is 0.399 e. The monoisotopic (exact) mass is 430 g/mol. The average Bonchev–Trinajstić information content (AvgIpc) is 2.65. The summed E-state index contributed by atoms with van der Waals surface area (Å²) >= 11 is 6.33. The molecular formula is C19H25BClN6OP. The lowest BCUT2D eigenvalue weighted by Crippen LogP contribution is -2.49. The van der Waals surface area contributed by atoms with E-state index in [1.807, 2.05) is 30.3 Å². The number of hydrogen-bond donors (Lipinski definition) is 5. The Balaban J connectivity index is 1.71. The predicted octanol–water partition coefficient (Wildman–Crippen LogP) is 1.30. The summed E-state index contributed by atoms with van der Waals surface area (Å²) in [5.41, 5.74) is 13.9. The van der Waals surface area contributed by atoms with E-state index in [4.69, 9.17) is 30.9 Å². The Hall–Kier alpha value is -1.99. The SMILES string of the molecule is [B]C(N)C1=C(N)C=CC(NC2N=CC(Cl)=C(Nc3ccccc3P(C)(C)=O)N2)C1. The summed E-state index contributed by atoms with van der Waals surface area (Å²) in [5.74, 6) is -0.0282. The molecule has 1 aliphatic carbocycles. The van der Waals surface area contributed by atoms with Crippen LogP contribution in [0, 0.1) is 0 Å². The van der Waals surface area contributed by atoms with Gasteiger partial charge < -0.3 is 26.7 Å². The van der Waals surface area contributed by atoms with Gasteiger partial charge in [-0.05, 0) is 49.5 Å². The molecule has 1 aromatic carbocycles. The van der Waals surface area contributed by atoms with Crippen LogP contribution in [0.25, 0.3) is 0 Å². The van der Waals surface area contributed by atoms with E-state index in [1.165, 1.54) is 0 Å². The van der Waals surface area contributed by atoms with Crippen LogP contribution in [0.5, 0.6) is 0 Å². The van der Waals surface area contributed by atoms with Gasteiger partial charge in [0.25, 0.3) is 0 Å². The van der Waals surface area contributed by atoms with Crippen molar-refractivity contribution in [3.05, 3.63) is 58.5 Å². The smallest absolute Gasteiger partial charge is 0.175 e. The first-order chi connectivity index (χ1) is 13.6. The van der Waals surface area contributed by atoms with Gasteiger partial charge in [0, 0.05) is 23.3 Å². The summed E-state index contributed by atoms with van der Waals surface area (Å²) < 4.78 is 12.6. The molecule has 3 unspecified atom stereocenters. The average molecular weight is 431 g/mol. The second kappa shape index (κ2) is 8.80. The lowest BCUT2D eigenvalue weighted by atomic mass is 9.82. The topological polar surface area (TPSA) is 118 Å². The Bertz CT molecular complexity index is 952. The fourth-order valence-electron chi connectivity index (χ4n) is 3.21. The molecule has 2 aliphatic rings. The maximum Gasteiger partial charge on any atom is 0.175 e. The van der Waals surface area contributed by atoms with Gasteiger partial charge in [-0.3, -0.25) is 10.3 Å². The van der Waals surface area contributed by atoms with Crippen molar-refractivity contribution < 1.29 is 4.57 Å². The zero-order valence-corrected chi connectivity index (χ0v) is 18.0. The van der Waals surface area contributed by atoms with Gasteiger partial charge in [-0.25, -0.2) is 0 Å². The lowest BCUT2D eigenvalue weighted by Gasteiger charge is -2.30. The molecule has 1 aliphatic heterocycles. The van der Waals surface area contributed by atoms with Crippen molar-refractivity contribution in [3.63, 3.8) is 0 Å². The highest BCUT2D eigenvalue weighted by Crippen LogP contribution is 2.37. The number of para-hydroxylation sites is 1. The Labute approximate surface area is 177 Å². The number of aliphatic imine (C=N–C) groups is 1. The van der Waals surface area contributed by atoms with Gasteiger partial charge in [0.15, 0.2) is 6.29 Å². The number of hydrogen-bond acceptors (Lipinski definition) is 7. The second-order valence-corrected chi connectivity index (χ2v) is 11.0. The normalized spacial score (nSPS) is 23.2. The van der Waals surface area contributed by atoms with E-state index in [0.717, 1.165) is 16.6 Å². The van der Waals surface area contributed by atoms with E-state index in [1.54, 1.807) is 25.6 Å². The summed E-state index contributed by atoms with van der Waals surface area (Å²) in [6.45, 7) is 3.47. The Kier molecular flexibility index (Phi) is 6.59. The van der Waals surface area contributed by atoms with Crippen LogP contribution in [0.3, 0.4) is 0 Å². The van der Waals surface area contributed by atoms with Crippen molar-refractivity contribution in [3.8, 4) is 0 Å². The van der Waals surface area contributed by atoms with Crippen LogP contribution in [0.4, 0.5) is 5.69 Å². The molecule has 0 bridgehead atoms. The molecule has 1 aromatic rings. The van der Waals surface area contributed by atoms with Crippen LogP contribution in [0.2, 0.25) is 0 Å². The van der Waals surface area contributed by atoms with E-state index in [2.05, 4.69) is 20.9 Å². The zero-order chi connectivity index (χ0) is 21.2. The maximum atomic E-state index is 12.6. The molecule has 0 amide bonds. The zero-order valence-electron chi connectivity index (χ0n) is 16.4. The number of anilines is 1. The number of nitrogens with two attached hydrogens (primary N) is 2. The van der Waals surface area contributed by atoms with E-state index in [9.17, 15) is 4.57 Å². The first-order valence-corrected chi connectivity index (χ1v) is 12.2. The summed E-state index contributed by atoms with van der Waals surface area (Å²) in [7, 11) is 3.34. The number of allylic oxidation sites excluding steroid dienone is 2. The quantitative estimate of drug-likeness (QED) is 0.343. The standard InChI is InChI=1S/C19H25BClN6OP/c1-29(2,28)16-6-4-3-5-15(16)26-18-13(21)10-24-19(27-18)25-11-7-8-14(22)12(9-11)17(20)23/h3-8,10-11,17,19,25-27H,9,22-23H2,1-2H3. The number of halogens is 1. The highest BCUT2D eigenvalue weighted by Gasteiger charge is 2.23. The summed E-state index contributed by atoms with van der Waals surface area (Å²) in [6.07, 6.45) is 5.49. The first kappa shape index (κ1) is 21.7.